The van der Waals surface area contributed by atoms with Gasteiger partial charge >= 0.3 is 0 Å². The van der Waals surface area contributed by atoms with Crippen LogP contribution in [0.4, 0.5) is 10.1 Å². The molecule has 7 heteroatoms. The van der Waals surface area contributed by atoms with Crippen molar-refractivity contribution in [3.8, 4) is 6.07 Å². The largest absolute Gasteiger partial charge is 0.326 e. The summed E-state index contributed by atoms with van der Waals surface area (Å²) >= 11 is 0. The van der Waals surface area contributed by atoms with Gasteiger partial charge in [-0.25, -0.2) is 4.39 Å². The van der Waals surface area contributed by atoms with Crippen molar-refractivity contribution in [2.24, 2.45) is 0 Å². The first-order valence-electron chi connectivity index (χ1n) is 5.10. The molecule has 94 valence electrons. The first-order valence-corrected chi connectivity index (χ1v) is 5.10. The Hall–Kier alpha value is -2.49. The molecule has 1 rings (SSSR count). The Bertz CT molecular complexity index is 525. The van der Waals surface area contributed by atoms with Crippen LogP contribution in [0.15, 0.2) is 18.2 Å². The van der Waals surface area contributed by atoms with Crippen molar-refractivity contribution in [2.45, 2.75) is 6.92 Å². The number of benzene rings is 1. The van der Waals surface area contributed by atoms with E-state index in [0.717, 1.165) is 18.2 Å². The summed E-state index contributed by atoms with van der Waals surface area (Å²) in [6.07, 6.45) is 0. The zero-order valence-electron chi connectivity index (χ0n) is 9.59. The van der Waals surface area contributed by atoms with Crippen molar-refractivity contribution in [1.82, 2.24) is 4.90 Å². The molecule has 0 radical (unpaired) electrons. The number of amides is 1. The molecule has 0 aromatic heterocycles. The lowest BCUT2D eigenvalue weighted by Gasteiger charge is -2.16. The highest BCUT2D eigenvalue weighted by atomic mass is 19.1. The molecule has 0 spiro atoms. The highest BCUT2D eigenvalue weighted by molar-refractivity contribution is 5.95. The summed E-state index contributed by atoms with van der Waals surface area (Å²) in [6, 6.07) is 4.44. The summed E-state index contributed by atoms with van der Waals surface area (Å²) < 4.78 is 13.2. The van der Waals surface area contributed by atoms with Crippen molar-refractivity contribution >= 4 is 11.6 Å². The summed E-state index contributed by atoms with van der Waals surface area (Å²) in [6.45, 7) is 1.76. The van der Waals surface area contributed by atoms with E-state index in [9.17, 15) is 19.3 Å². The molecule has 0 heterocycles. The molecular weight excluding hydrogens is 241 g/mol. The van der Waals surface area contributed by atoms with E-state index in [-0.39, 0.29) is 18.7 Å². The first-order chi connectivity index (χ1) is 8.49. The van der Waals surface area contributed by atoms with Crippen LogP contribution in [-0.4, -0.2) is 28.8 Å². The van der Waals surface area contributed by atoms with Gasteiger partial charge in [-0.2, -0.15) is 5.26 Å². The van der Waals surface area contributed by atoms with Crippen LogP contribution >= 0.6 is 0 Å². The zero-order chi connectivity index (χ0) is 13.7. The van der Waals surface area contributed by atoms with E-state index in [2.05, 4.69) is 0 Å². The Labute approximate surface area is 102 Å². The highest BCUT2D eigenvalue weighted by Crippen LogP contribution is 2.17. The molecule has 1 aromatic carbocycles. The molecule has 0 atom stereocenters. The van der Waals surface area contributed by atoms with E-state index < -0.39 is 22.3 Å². The fourth-order valence-corrected chi connectivity index (χ4v) is 1.40. The predicted octanol–water partition coefficient (Wildman–Crippen LogP) is 1.72. The lowest BCUT2D eigenvalue weighted by atomic mass is 10.1. The Morgan fingerprint density at radius 3 is 2.72 bits per heavy atom. The van der Waals surface area contributed by atoms with Crippen molar-refractivity contribution < 1.29 is 14.1 Å². The second-order valence-electron chi connectivity index (χ2n) is 3.43. The topological polar surface area (TPSA) is 87.2 Å². The molecule has 6 nitrogen and oxygen atoms in total. The van der Waals surface area contributed by atoms with E-state index in [0.29, 0.717) is 0 Å². The summed E-state index contributed by atoms with van der Waals surface area (Å²) in [4.78, 5) is 22.8. The maximum absolute atomic E-state index is 13.2. The number of nitro benzene ring substituents is 1. The Balaban J connectivity index is 3.13. The maximum Gasteiger partial charge on any atom is 0.273 e. The fourth-order valence-electron chi connectivity index (χ4n) is 1.40. The summed E-state index contributed by atoms with van der Waals surface area (Å²) in [5.41, 5.74) is -0.634. The van der Waals surface area contributed by atoms with Crippen molar-refractivity contribution in [2.75, 3.05) is 13.1 Å². The number of hydrogen-bond acceptors (Lipinski definition) is 4. The number of rotatable bonds is 4. The average Bonchev–Trinajstić information content (AvgIpc) is 2.34. The summed E-state index contributed by atoms with van der Waals surface area (Å²) in [5, 5.41) is 19.1. The third-order valence-corrected chi connectivity index (χ3v) is 2.27. The van der Waals surface area contributed by atoms with Gasteiger partial charge in [-0.05, 0) is 13.0 Å². The summed E-state index contributed by atoms with van der Waals surface area (Å²) in [5.74, 6) is -1.47. The van der Waals surface area contributed by atoms with E-state index in [4.69, 9.17) is 5.26 Å². The number of nitro groups is 1. The molecule has 0 aliphatic carbocycles. The molecule has 0 bridgehead atoms. The van der Waals surface area contributed by atoms with Crippen LogP contribution in [0.1, 0.15) is 17.3 Å². The van der Waals surface area contributed by atoms with Crippen LogP contribution in [0.2, 0.25) is 0 Å². The molecule has 0 fully saturated rings. The fraction of sp³-hybridized carbons (Fsp3) is 0.273. The van der Waals surface area contributed by atoms with Gasteiger partial charge in [0.1, 0.15) is 12.4 Å². The number of hydrogen-bond donors (Lipinski definition) is 0. The molecular formula is C11H10FN3O3. The van der Waals surface area contributed by atoms with Crippen molar-refractivity contribution in [3.05, 3.63) is 39.7 Å². The number of non-ortho nitro benzene ring substituents is 1. The van der Waals surface area contributed by atoms with Gasteiger partial charge in [0.05, 0.1) is 17.1 Å². The van der Waals surface area contributed by atoms with Crippen LogP contribution in [0.25, 0.3) is 0 Å². The normalized spacial score (nSPS) is 9.61. The molecule has 1 aromatic rings. The second-order valence-corrected chi connectivity index (χ2v) is 3.43. The maximum atomic E-state index is 13.2. The number of nitrogens with zero attached hydrogens (tertiary/aromatic N) is 3. The third-order valence-electron chi connectivity index (χ3n) is 2.27. The number of carbonyl (C=O) groups excluding carboxylic acids is 1. The Morgan fingerprint density at radius 1 is 1.56 bits per heavy atom. The Kier molecular flexibility index (Phi) is 4.32. The minimum atomic E-state index is -0.861. The molecule has 0 aliphatic rings. The molecule has 0 saturated heterocycles. The van der Waals surface area contributed by atoms with E-state index in [1.165, 1.54) is 4.90 Å². The SMILES string of the molecule is CCN(CC#N)C(=O)c1cc(F)cc([N+](=O)[O-])c1. The molecule has 1 amide bonds. The Morgan fingerprint density at radius 2 is 2.22 bits per heavy atom. The van der Waals surface area contributed by atoms with E-state index in [1.54, 1.807) is 13.0 Å². The van der Waals surface area contributed by atoms with Crippen LogP contribution in [0.3, 0.4) is 0 Å². The van der Waals surface area contributed by atoms with Crippen LogP contribution in [-0.2, 0) is 0 Å². The lowest BCUT2D eigenvalue weighted by molar-refractivity contribution is -0.385. The second kappa shape index (κ2) is 5.72. The minimum Gasteiger partial charge on any atom is -0.326 e. The molecule has 0 N–H and O–H groups in total. The lowest BCUT2D eigenvalue weighted by Crippen LogP contribution is -2.31. The van der Waals surface area contributed by atoms with Gasteiger partial charge in [0.15, 0.2) is 0 Å². The van der Waals surface area contributed by atoms with E-state index in [1.807, 2.05) is 0 Å². The van der Waals surface area contributed by atoms with Gasteiger partial charge in [-0.15, -0.1) is 0 Å². The monoisotopic (exact) mass is 251 g/mol. The van der Waals surface area contributed by atoms with Crippen LogP contribution in [0.5, 0.6) is 0 Å². The predicted molar refractivity (Wildman–Crippen MR) is 60.2 cm³/mol. The van der Waals surface area contributed by atoms with Crippen molar-refractivity contribution in [3.63, 3.8) is 0 Å². The van der Waals surface area contributed by atoms with Crippen LogP contribution < -0.4 is 0 Å². The van der Waals surface area contributed by atoms with Gasteiger partial charge in [0.25, 0.3) is 11.6 Å². The van der Waals surface area contributed by atoms with Gasteiger partial charge in [-0.3, -0.25) is 14.9 Å². The molecule has 0 saturated carbocycles. The number of carbonyl (C=O) groups is 1. The minimum absolute atomic E-state index is 0.140. The van der Waals surface area contributed by atoms with Gasteiger partial charge in [0, 0.05) is 18.2 Å². The van der Waals surface area contributed by atoms with Crippen molar-refractivity contribution in [1.29, 1.82) is 5.26 Å². The number of halogens is 1. The zero-order valence-corrected chi connectivity index (χ0v) is 9.59. The average molecular weight is 251 g/mol. The smallest absolute Gasteiger partial charge is 0.273 e. The quantitative estimate of drug-likeness (QED) is 0.463. The van der Waals surface area contributed by atoms with Gasteiger partial charge in [0.2, 0.25) is 0 Å². The van der Waals surface area contributed by atoms with Gasteiger partial charge in [-0.1, -0.05) is 0 Å². The first kappa shape index (κ1) is 13.6. The third kappa shape index (κ3) is 3.01. The van der Waals surface area contributed by atoms with Gasteiger partial charge < -0.3 is 4.90 Å². The molecule has 18 heavy (non-hydrogen) atoms. The van der Waals surface area contributed by atoms with Crippen LogP contribution in [0, 0.1) is 27.3 Å². The molecule has 0 unspecified atom stereocenters. The standard InChI is InChI=1S/C11H10FN3O3/c1-2-14(4-3-13)11(16)8-5-9(12)7-10(6-8)15(17)18/h5-7H,2,4H2,1H3. The number of nitriles is 1. The highest BCUT2D eigenvalue weighted by Gasteiger charge is 2.18. The summed E-state index contributed by atoms with van der Waals surface area (Å²) in [7, 11) is 0. The van der Waals surface area contributed by atoms with E-state index >= 15 is 0 Å². The molecule has 0 aliphatic heterocycles.